The monoisotopic (exact) mass is 293 g/mol. The van der Waals surface area contributed by atoms with E-state index in [1.807, 2.05) is 0 Å². The molecule has 0 aliphatic heterocycles. The molecule has 0 radical (unpaired) electrons. The van der Waals surface area contributed by atoms with Gasteiger partial charge in [0, 0.05) is 21.4 Å². The van der Waals surface area contributed by atoms with Gasteiger partial charge in [-0.15, -0.1) is 0 Å². The third kappa shape index (κ3) is 13.0. The largest absolute Gasteiger partial charge is 0.481 e. The zero-order valence-electron chi connectivity index (χ0n) is 11.5. The molecule has 0 aromatic carbocycles. The fourth-order valence-electron chi connectivity index (χ4n) is 1.61. The lowest BCUT2D eigenvalue weighted by Crippen LogP contribution is -2.22. The van der Waals surface area contributed by atoms with Gasteiger partial charge in [0.25, 0.3) is 0 Å². The highest BCUT2D eigenvalue weighted by atomic mass is 16.6. The Labute approximate surface area is 121 Å². The summed E-state index contributed by atoms with van der Waals surface area (Å²) in [6.45, 7) is 1.37. The van der Waals surface area contributed by atoms with Gasteiger partial charge in [-0.25, -0.2) is 4.79 Å². The molecule has 1 unspecified atom stereocenters. The SMILES string of the molecule is C.COCC(=O)OC(CCCCC(=O)O)CCC(C)=O.[2HH]. The number of unbranched alkanes of at least 4 members (excludes halogenated alkanes) is 1. The molecule has 6 nitrogen and oxygen atoms in total. The van der Waals surface area contributed by atoms with Gasteiger partial charge in [0.05, 0.1) is 0 Å². The molecule has 0 aliphatic rings. The Kier molecular flexibility index (Phi) is 13.1. The van der Waals surface area contributed by atoms with E-state index in [2.05, 4.69) is 4.74 Å². The Morgan fingerprint density at radius 3 is 2.30 bits per heavy atom. The second kappa shape index (κ2) is 12.6. The number of methoxy groups -OCH3 is 1. The van der Waals surface area contributed by atoms with Crippen molar-refractivity contribution in [2.75, 3.05) is 13.7 Å². The molecular weight excluding hydrogens is 264 g/mol. The smallest absolute Gasteiger partial charge is 0.332 e. The van der Waals surface area contributed by atoms with Crippen molar-refractivity contribution in [3.63, 3.8) is 0 Å². The van der Waals surface area contributed by atoms with E-state index in [4.69, 9.17) is 9.84 Å². The molecule has 20 heavy (non-hydrogen) atoms. The second-order valence-electron chi connectivity index (χ2n) is 4.43. The fraction of sp³-hybridized carbons (Fsp3) is 0.786. The number of carboxylic acids is 1. The van der Waals surface area contributed by atoms with E-state index in [1.54, 1.807) is 0 Å². The molecule has 0 spiro atoms. The number of hydrogen-bond acceptors (Lipinski definition) is 5. The molecule has 0 aromatic heterocycles. The minimum atomic E-state index is -0.836. The summed E-state index contributed by atoms with van der Waals surface area (Å²) >= 11 is 0. The first kappa shape index (κ1) is 20.9. The van der Waals surface area contributed by atoms with E-state index >= 15 is 0 Å². The van der Waals surface area contributed by atoms with Gasteiger partial charge in [-0.2, -0.15) is 0 Å². The number of Topliss-reactive ketones (excluding diaryl/α,β-unsaturated/α-hetero) is 1. The molecule has 0 rings (SSSR count). The quantitative estimate of drug-likeness (QED) is 0.465. The van der Waals surface area contributed by atoms with Gasteiger partial charge >= 0.3 is 11.9 Å². The van der Waals surface area contributed by atoms with Gasteiger partial charge in [-0.1, -0.05) is 7.43 Å². The first-order valence-electron chi connectivity index (χ1n) is 6.35. The van der Waals surface area contributed by atoms with Crippen LogP contribution in [-0.2, 0) is 23.9 Å². The van der Waals surface area contributed by atoms with Crippen LogP contribution in [0.1, 0.15) is 54.3 Å². The Hall–Kier alpha value is -1.43. The highest BCUT2D eigenvalue weighted by molar-refractivity contribution is 5.75. The zero-order valence-corrected chi connectivity index (χ0v) is 11.5. The topological polar surface area (TPSA) is 89.9 Å². The van der Waals surface area contributed by atoms with Crippen LogP contribution in [0.3, 0.4) is 0 Å². The van der Waals surface area contributed by atoms with Crippen LogP contribution in [0, 0.1) is 0 Å². The highest BCUT2D eigenvalue weighted by Gasteiger charge is 2.15. The minimum Gasteiger partial charge on any atom is -0.481 e. The maximum absolute atomic E-state index is 11.3. The summed E-state index contributed by atoms with van der Waals surface area (Å²) in [6, 6.07) is 0. The summed E-state index contributed by atoms with van der Waals surface area (Å²) in [5.74, 6) is -1.26. The molecule has 0 saturated heterocycles. The molecule has 0 amide bonds. The number of aliphatic carboxylic acids is 1. The van der Waals surface area contributed by atoms with Crippen LogP contribution in [0.15, 0.2) is 0 Å². The van der Waals surface area contributed by atoms with Crippen LogP contribution in [-0.4, -0.2) is 42.6 Å². The lowest BCUT2D eigenvalue weighted by atomic mass is 10.0. The van der Waals surface area contributed by atoms with Crippen molar-refractivity contribution in [3.05, 3.63) is 0 Å². The van der Waals surface area contributed by atoms with E-state index in [1.165, 1.54) is 14.0 Å². The van der Waals surface area contributed by atoms with Crippen molar-refractivity contribution in [1.29, 1.82) is 0 Å². The number of esters is 1. The Balaban J connectivity index is -0.00000162. The summed E-state index contributed by atoms with van der Waals surface area (Å²) in [5.41, 5.74) is 0. The number of ether oxygens (including phenoxy) is 2. The summed E-state index contributed by atoms with van der Waals surface area (Å²) in [6.07, 6.45) is 2.33. The van der Waals surface area contributed by atoms with Crippen molar-refractivity contribution >= 4 is 17.7 Å². The molecular formula is C14H28O6. The lowest BCUT2D eigenvalue weighted by molar-refractivity contribution is -0.154. The van der Waals surface area contributed by atoms with Crippen molar-refractivity contribution in [1.82, 2.24) is 0 Å². The molecule has 0 aromatic rings. The molecule has 0 aliphatic carbocycles. The third-order valence-corrected chi connectivity index (χ3v) is 2.55. The summed E-state index contributed by atoms with van der Waals surface area (Å²) in [7, 11) is 1.40. The molecule has 6 heteroatoms. The standard InChI is InChI=1S/C13H22O6.CH4.H2/c1-10(14)7-8-11(19-13(17)9-18-2)5-3-4-6-12(15)16;;/h11H,3-9H2,1-2H3,(H,15,16);1H4;1H/i;;1+1. The van der Waals surface area contributed by atoms with Crippen LogP contribution in [0.5, 0.6) is 0 Å². The van der Waals surface area contributed by atoms with Crippen molar-refractivity contribution in [3.8, 4) is 0 Å². The van der Waals surface area contributed by atoms with E-state index < -0.39 is 11.9 Å². The molecule has 1 atom stereocenters. The number of hydrogen-bond donors (Lipinski definition) is 1. The van der Waals surface area contributed by atoms with Crippen LogP contribution in [0.4, 0.5) is 0 Å². The molecule has 0 heterocycles. The average Bonchev–Trinajstić information content (AvgIpc) is 2.31. The van der Waals surface area contributed by atoms with Crippen molar-refractivity contribution in [2.45, 2.75) is 59.0 Å². The number of rotatable bonds is 11. The Morgan fingerprint density at radius 2 is 1.80 bits per heavy atom. The molecule has 0 fully saturated rings. The predicted molar refractivity (Wildman–Crippen MR) is 76.6 cm³/mol. The van der Waals surface area contributed by atoms with Gasteiger partial charge in [-0.3, -0.25) is 4.79 Å². The van der Waals surface area contributed by atoms with Crippen LogP contribution in [0.2, 0.25) is 0 Å². The average molecular weight is 293 g/mol. The lowest BCUT2D eigenvalue weighted by Gasteiger charge is -2.17. The summed E-state index contributed by atoms with van der Waals surface area (Å²) in [4.78, 5) is 32.6. The normalized spacial score (nSPS) is 11.3. The first-order chi connectivity index (χ1) is 8.95. The number of ketones is 1. The van der Waals surface area contributed by atoms with Crippen LogP contribution < -0.4 is 0 Å². The van der Waals surface area contributed by atoms with E-state index in [0.717, 1.165) is 0 Å². The first-order valence-corrected chi connectivity index (χ1v) is 6.35. The summed E-state index contributed by atoms with van der Waals surface area (Å²) in [5, 5.41) is 8.52. The van der Waals surface area contributed by atoms with Gasteiger partial charge < -0.3 is 19.4 Å². The highest BCUT2D eigenvalue weighted by Crippen LogP contribution is 2.13. The third-order valence-electron chi connectivity index (χ3n) is 2.55. The zero-order chi connectivity index (χ0) is 14.7. The maximum atomic E-state index is 11.3. The van der Waals surface area contributed by atoms with Crippen LogP contribution in [0.25, 0.3) is 0 Å². The maximum Gasteiger partial charge on any atom is 0.332 e. The van der Waals surface area contributed by atoms with Crippen LogP contribution >= 0.6 is 0 Å². The van der Waals surface area contributed by atoms with Gasteiger partial charge in [0.15, 0.2) is 0 Å². The Bertz CT molecular complexity index is 306. The van der Waals surface area contributed by atoms with E-state index in [0.29, 0.717) is 32.1 Å². The van der Waals surface area contributed by atoms with Crippen molar-refractivity contribution in [2.24, 2.45) is 0 Å². The van der Waals surface area contributed by atoms with Gasteiger partial charge in [0.2, 0.25) is 0 Å². The second-order valence-corrected chi connectivity index (χ2v) is 4.43. The van der Waals surface area contributed by atoms with E-state index in [-0.39, 0.29) is 33.8 Å². The summed E-state index contributed by atoms with van der Waals surface area (Å²) < 4.78 is 9.85. The molecule has 120 valence electrons. The van der Waals surface area contributed by atoms with Gasteiger partial charge in [-0.05, 0) is 32.6 Å². The van der Waals surface area contributed by atoms with Gasteiger partial charge in [0.1, 0.15) is 18.5 Å². The predicted octanol–water partition coefficient (Wildman–Crippen LogP) is 2.44. The van der Waals surface area contributed by atoms with Crippen molar-refractivity contribution < 1.29 is 30.4 Å². The minimum absolute atomic E-state index is 0. The molecule has 1 N–H and O–H groups in total. The Morgan fingerprint density at radius 1 is 1.15 bits per heavy atom. The molecule has 0 saturated carbocycles. The molecule has 0 bridgehead atoms. The number of carbonyl (C=O) groups is 3. The number of carboxylic acid groups (broad SMARTS) is 1. The number of carbonyl (C=O) groups excluding carboxylic acids is 2. The van der Waals surface area contributed by atoms with E-state index in [9.17, 15) is 14.4 Å². The fourth-order valence-corrected chi connectivity index (χ4v) is 1.61.